The first-order valence-electron chi connectivity index (χ1n) is 6.69. The van der Waals surface area contributed by atoms with Crippen molar-refractivity contribution in [3.8, 4) is 23.3 Å². The van der Waals surface area contributed by atoms with E-state index in [1.807, 2.05) is 18.2 Å². The molecule has 1 unspecified atom stereocenters. The van der Waals surface area contributed by atoms with Gasteiger partial charge in [-0.3, -0.25) is 4.98 Å². The SMILES string of the molecule is N#CC1=C(N)Oc2cc3c(cc2C1c1cccnc1)OCO3. The summed E-state index contributed by atoms with van der Waals surface area (Å²) in [6.45, 7) is 0.170. The van der Waals surface area contributed by atoms with Gasteiger partial charge in [0.2, 0.25) is 12.7 Å². The van der Waals surface area contributed by atoms with Crippen LogP contribution in [0.5, 0.6) is 17.2 Å². The van der Waals surface area contributed by atoms with Gasteiger partial charge in [-0.2, -0.15) is 5.26 Å². The van der Waals surface area contributed by atoms with Crippen molar-refractivity contribution in [2.75, 3.05) is 6.79 Å². The third-order valence-corrected chi connectivity index (χ3v) is 3.73. The molecule has 2 aliphatic rings. The van der Waals surface area contributed by atoms with Crippen LogP contribution in [-0.4, -0.2) is 11.8 Å². The Kier molecular flexibility index (Phi) is 2.66. The Bertz CT molecular complexity index is 825. The van der Waals surface area contributed by atoms with E-state index in [0.29, 0.717) is 22.8 Å². The minimum atomic E-state index is -0.336. The van der Waals surface area contributed by atoms with Crippen LogP contribution >= 0.6 is 0 Å². The summed E-state index contributed by atoms with van der Waals surface area (Å²) >= 11 is 0. The van der Waals surface area contributed by atoms with Crippen molar-refractivity contribution in [3.05, 3.63) is 59.2 Å². The lowest BCUT2D eigenvalue weighted by Gasteiger charge is -2.26. The summed E-state index contributed by atoms with van der Waals surface area (Å²) in [7, 11) is 0. The van der Waals surface area contributed by atoms with Gasteiger partial charge in [0, 0.05) is 24.0 Å². The lowest BCUT2D eigenvalue weighted by atomic mass is 9.84. The second-order valence-electron chi connectivity index (χ2n) is 4.95. The number of benzene rings is 1. The van der Waals surface area contributed by atoms with Crippen LogP contribution in [0.25, 0.3) is 0 Å². The van der Waals surface area contributed by atoms with Gasteiger partial charge in [-0.1, -0.05) is 6.07 Å². The molecule has 0 fully saturated rings. The van der Waals surface area contributed by atoms with Gasteiger partial charge in [0.1, 0.15) is 17.4 Å². The molecule has 6 heteroatoms. The third kappa shape index (κ3) is 1.76. The third-order valence-electron chi connectivity index (χ3n) is 3.73. The van der Waals surface area contributed by atoms with E-state index in [2.05, 4.69) is 11.1 Å². The molecule has 0 saturated carbocycles. The molecule has 6 nitrogen and oxygen atoms in total. The lowest BCUT2D eigenvalue weighted by molar-refractivity contribution is 0.174. The standard InChI is InChI=1S/C16H11N3O3/c17-6-11-15(9-2-1-3-19-7-9)10-4-13-14(21-8-20-13)5-12(10)22-16(11)18/h1-5,7,15H,8,18H2. The quantitative estimate of drug-likeness (QED) is 0.865. The number of nitrogens with zero attached hydrogens (tertiary/aromatic N) is 2. The largest absolute Gasteiger partial charge is 0.454 e. The summed E-state index contributed by atoms with van der Waals surface area (Å²) < 4.78 is 16.4. The number of nitrogens with two attached hydrogens (primary N) is 1. The van der Waals surface area contributed by atoms with E-state index in [4.69, 9.17) is 19.9 Å². The maximum Gasteiger partial charge on any atom is 0.231 e. The van der Waals surface area contributed by atoms with Gasteiger partial charge in [0.25, 0.3) is 0 Å². The topological polar surface area (TPSA) is 90.4 Å². The van der Waals surface area contributed by atoms with E-state index < -0.39 is 0 Å². The van der Waals surface area contributed by atoms with Crippen LogP contribution in [0.3, 0.4) is 0 Å². The molecule has 22 heavy (non-hydrogen) atoms. The molecule has 3 heterocycles. The molecule has 2 aliphatic heterocycles. The van der Waals surface area contributed by atoms with Gasteiger partial charge in [-0.15, -0.1) is 0 Å². The number of fused-ring (bicyclic) bond motifs is 2. The first kappa shape index (κ1) is 12.5. The van der Waals surface area contributed by atoms with Crippen LogP contribution < -0.4 is 19.9 Å². The van der Waals surface area contributed by atoms with E-state index in [9.17, 15) is 5.26 Å². The van der Waals surface area contributed by atoms with Gasteiger partial charge in [-0.25, -0.2) is 0 Å². The second kappa shape index (κ2) is 4.67. The molecule has 0 amide bonds. The molecule has 1 aromatic carbocycles. The number of hydrogen-bond acceptors (Lipinski definition) is 6. The summed E-state index contributed by atoms with van der Waals surface area (Å²) in [5.41, 5.74) is 7.95. The van der Waals surface area contributed by atoms with E-state index in [0.717, 1.165) is 11.1 Å². The molecule has 2 aromatic rings. The number of rotatable bonds is 1. The Hall–Kier alpha value is -3.20. The molecule has 0 aliphatic carbocycles. The predicted molar refractivity (Wildman–Crippen MR) is 76.1 cm³/mol. The smallest absolute Gasteiger partial charge is 0.231 e. The molecule has 4 rings (SSSR count). The molecule has 0 spiro atoms. The monoisotopic (exact) mass is 293 g/mol. The van der Waals surface area contributed by atoms with Crippen LogP contribution in [0.2, 0.25) is 0 Å². The Labute approximate surface area is 126 Å². The van der Waals surface area contributed by atoms with Crippen molar-refractivity contribution in [1.82, 2.24) is 4.98 Å². The van der Waals surface area contributed by atoms with E-state index in [-0.39, 0.29) is 18.6 Å². The van der Waals surface area contributed by atoms with Crippen LogP contribution in [-0.2, 0) is 0 Å². The number of allylic oxidation sites excluding steroid dienone is 1. The van der Waals surface area contributed by atoms with Crippen molar-refractivity contribution in [2.24, 2.45) is 5.73 Å². The minimum Gasteiger partial charge on any atom is -0.454 e. The first-order chi connectivity index (χ1) is 10.8. The summed E-state index contributed by atoms with van der Waals surface area (Å²) in [6, 6.07) is 9.44. The van der Waals surface area contributed by atoms with Crippen molar-refractivity contribution in [1.29, 1.82) is 5.26 Å². The molecular formula is C16H11N3O3. The normalized spacial score (nSPS) is 18.4. The number of aromatic nitrogens is 1. The van der Waals surface area contributed by atoms with Crippen molar-refractivity contribution in [2.45, 2.75) is 5.92 Å². The van der Waals surface area contributed by atoms with Crippen LogP contribution in [0.15, 0.2) is 48.1 Å². The maximum atomic E-state index is 9.47. The summed E-state index contributed by atoms with van der Waals surface area (Å²) in [6.07, 6.45) is 3.40. The zero-order valence-electron chi connectivity index (χ0n) is 11.4. The fourth-order valence-corrected chi connectivity index (χ4v) is 2.74. The fourth-order valence-electron chi connectivity index (χ4n) is 2.74. The molecule has 0 saturated heterocycles. The van der Waals surface area contributed by atoms with Crippen molar-refractivity contribution in [3.63, 3.8) is 0 Å². The number of hydrogen-bond donors (Lipinski definition) is 1. The number of pyridine rings is 1. The highest BCUT2D eigenvalue weighted by atomic mass is 16.7. The molecule has 0 radical (unpaired) electrons. The Balaban J connectivity index is 1.94. The van der Waals surface area contributed by atoms with Crippen LogP contribution in [0.1, 0.15) is 17.0 Å². The summed E-state index contributed by atoms with van der Waals surface area (Å²) in [5, 5.41) is 9.47. The molecule has 0 bridgehead atoms. The highest BCUT2D eigenvalue weighted by Gasteiger charge is 2.33. The molecule has 1 atom stereocenters. The summed E-state index contributed by atoms with van der Waals surface area (Å²) in [5.74, 6) is 1.57. The first-order valence-corrected chi connectivity index (χ1v) is 6.69. The van der Waals surface area contributed by atoms with Gasteiger partial charge in [0.05, 0.1) is 5.92 Å². The Morgan fingerprint density at radius 2 is 2.05 bits per heavy atom. The predicted octanol–water partition coefficient (Wildman–Crippen LogP) is 2.03. The van der Waals surface area contributed by atoms with Gasteiger partial charge in [0.15, 0.2) is 11.5 Å². The Morgan fingerprint density at radius 3 is 2.77 bits per heavy atom. The fraction of sp³-hybridized carbons (Fsp3) is 0.125. The van der Waals surface area contributed by atoms with E-state index in [1.165, 1.54) is 0 Å². The van der Waals surface area contributed by atoms with Crippen LogP contribution in [0, 0.1) is 11.3 Å². The Morgan fingerprint density at radius 1 is 1.23 bits per heavy atom. The van der Waals surface area contributed by atoms with Gasteiger partial charge in [-0.05, 0) is 17.7 Å². The van der Waals surface area contributed by atoms with E-state index >= 15 is 0 Å². The average Bonchev–Trinajstić information content (AvgIpc) is 2.99. The van der Waals surface area contributed by atoms with Gasteiger partial charge < -0.3 is 19.9 Å². The molecule has 108 valence electrons. The highest BCUT2D eigenvalue weighted by molar-refractivity contribution is 5.61. The molecular weight excluding hydrogens is 282 g/mol. The maximum absolute atomic E-state index is 9.47. The van der Waals surface area contributed by atoms with Gasteiger partial charge >= 0.3 is 0 Å². The number of ether oxygens (including phenoxy) is 3. The van der Waals surface area contributed by atoms with Crippen molar-refractivity contribution >= 4 is 0 Å². The molecule has 2 N–H and O–H groups in total. The average molecular weight is 293 g/mol. The second-order valence-corrected chi connectivity index (χ2v) is 4.95. The van der Waals surface area contributed by atoms with Crippen LogP contribution in [0.4, 0.5) is 0 Å². The summed E-state index contributed by atoms with van der Waals surface area (Å²) in [4.78, 5) is 4.13. The highest BCUT2D eigenvalue weighted by Crippen LogP contribution is 2.47. The molecule has 1 aromatic heterocycles. The van der Waals surface area contributed by atoms with Crippen molar-refractivity contribution < 1.29 is 14.2 Å². The van der Waals surface area contributed by atoms with E-state index in [1.54, 1.807) is 18.5 Å². The number of nitriles is 1. The zero-order valence-corrected chi connectivity index (χ0v) is 11.4. The lowest BCUT2D eigenvalue weighted by Crippen LogP contribution is -2.21. The zero-order chi connectivity index (χ0) is 15.1. The minimum absolute atomic E-state index is 0.0997.